The van der Waals surface area contributed by atoms with Crippen LogP contribution >= 0.6 is 0 Å². The number of aromatic nitrogens is 5. The van der Waals surface area contributed by atoms with Gasteiger partial charge in [-0.05, 0) is 50.2 Å². The lowest BCUT2D eigenvalue weighted by atomic mass is 9.73. The largest absolute Gasteiger partial charge is 0.421 e. The summed E-state index contributed by atoms with van der Waals surface area (Å²) in [5, 5.41) is 4.85. The fourth-order valence-corrected chi connectivity index (χ4v) is 5.37. The van der Waals surface area contributed by atoms with E-state index >= 15 is 4.39 Å². The molecule has 1 fully saturated rings. The van der Waals surface area contributed by atoms with Crippen molar-refractivity contribution in [3.05, 3.63) is 41.4 Å². The molecule has 2 aliphatic rings. The summed E-state index contributed by atoms with van der Waals surface area (Å²) in [6.45, 7) is 1.81. The molecule has 0 aliphatic heterocycles. The molecule has 6 rings (SSSR count). The van der Waals surface area contributed by atoms with Gasteiger partial charge in [-0.25, -0.2) is 14.4 Å². The third kappa shape index (κ3) is 2.91. The van der Waals surface area contributed by atoms with Crippen molar-refractivity contribution in [2.24, 2.45) is 11.7 Å². The van der Waals surface area contributed by atoms with Crippen LogP contribution in [0.4, 0.5) is 10.1 Å². The summed E-state index contributed by atoms with van der Waals surface area (Å²) in [5.41, 5.74) is 10.2. The Balaban J connectivity index is 1.61. The van der Waals surface area contributed by atoms with E-state index in [2.05, 4.69) is 25.3 Å². The van der Waals surface area contributed by atoms with Crippen LogP contribution in [0.5, 0.6) is 11.8 Å². The number of hydrogen-bond acceptors (Lipinski definition) is 7. The molecule has 0 amide bonds. The van der Waals surface area contributed by atoms with Gasteiger partial charge in [0.25, 0.3) is 0 Å². The molecule has 1 aromatic carbocycles. The second-order valence-electron chi connectivity index (χ2n) is 8.84. The zero-order chi connectivity index (χ0) is 22.0. The Morgan fingerprint density at radius 1 is 1.19 bits per heavy atom. The molecule has 32 heavy (non-hydrogen) atoms. The number of rotatable bonds is 3. The van der Waals surface area contributed by atoms with Crippen molar-refractivity contribution in [1.29, 1.82) is 0 Å². The third-order valence-corrected chi connectivity index (χ3v) is 6.88. The Morgan fingerprint density at radius 3 is 2.78 bits per heavy atom. The molecule has 2 aliphatic carbocycles. The summed E-state index contributed by atoms with van der Waals surface area (Å²) in [7, 11) is 1.79. The molecular formula is C23H24FN7O. The standard InChI is InChI=1S/C23H24FN7O/c1-10-27-8-13(9-28-10)32-23-30-20-14-6-12(25)4-3-11(14)5-15-16(24)7-17(26-2)21-18(15)19(20)22(29-21)31-23/h7-9,11-12,14,26H,3-6,25H2,1-2H3,(H,29,30,31)/t11-,12+,14+/m1/s1. The van der Waals surface area contributed by atoms with Gasteiger partial charge in [0, 0.05) is 29.8 Å². The van der Waals surface area contributed by atoms with Gasteiger partial charge in [-0.15, -0.1) is 0 Å². The number of hydrogen-bond donors (Lipinski definition) is 3. The fourth-order valence-electron chi connectivity index (χ4n) is 5.37. The van der Waals surface area contributed by atoms with Gasteiger partial charge in [-0.3, -0.25) is 0 Å². The maximum atomic E-state index is 15.3. The number of fused-ring (bicyclic) bond motifs is 2. The average Bonchev–Trinajstić information content (AvgIpc) is 3.09. The van der Waals surface area contributed by atoms with Gasteiger partial charge in [0.1, 0.15) is 17.3 Å². The minimum absolute atomic E-state index is 0.101. The highest BCUT2D eigenvalue weighted by Crippen LogP contribution is 2.48. The second-order valence-corrected chi connectivity index (χ2v) is 8.84. The molecule has 3 atom stereocenters. The number of aromatic amines is 1. The lowest BCUT2D eigenvalue weighted by Crippen LogP contribution is -2.33. The number of ether oxygens (including phenoxy) is 1. The van der Waals surface area contributed by atoms with Crippen molar-refractivity contribution in [1.82, 2.24) is 24.9 Å². The van der Waals surface area contributed by atoms with Gasteiger partial charge in [0.05, 0.1) is 29.3 Å². The number of aryl methyl sites for hydroxylation is 1. The van der Waals surface area contributed by atoms with Gasteiger partial charge >= 0.3 is 6.01 Å². The van der Waals surface area contributed by atoms with Crippen LogP contribution in [0.1, 0.15) is 42.3 Å². The summed E-state index contributed by atoms with van der Waals surface area (Å²) >= 11 is 0. The average molecular weight is 433 g/mol. The van der Waals surface area contributed by atoms with Crippen LogP contribution in [0, 0.1) is 18.7 Å². The first kappa shape index (κ1) is 19.4. The molecular weight excluding hydrogens is 409 g/mol. The molecule has 9 heteroatoms. The van der Waals surface area contributed by atoms with Crippen molar-refractivity contribution in [3.63, 3.8) is 0 Å². The third-order valence-electron chi connectivity index (χ3n) is 6.88. The zero-order valence-electron chi connectivity index (χ0n) is 17.9. The van der Waals surface area contributed by atoms with E-state index < -0.39 is 0 Å². The molecule has 0 bridgehead atoms. The number of nitrogens with two attached hydrogens (primary N) is 1. The minimum atomic E-state index is -0.193. The highest BCUT2D eigenvalue weighted by atomic mass is 19.1. The topological polar surface area (TPSA) is 115 Å². The normalized spacial score (nSPS) is 22.2. The highest BCUT2D eigenvalue weighted by Gasteiger charge is 2.38. The van der Waals surface area contributed by atoms with Crippen LogP contribution < -0.4 is 15.8 Å². The lowest BCUT2D eigenvalue weighted by molar-refractivity contribution is 0.274. The van der Waals surface area contributed by atoms with Crippen molar-refractivity contribution in [2.45, 2.75) is 44.6 Å². The van der Waals surface area contributed by atoms with Gasteiger partial charge in [-0.1, -0.05) is 0 Å². The molecule has 3 heterocycles. The van der Waals surface area contributed by atoms with E-state index in [1.165, 1.54) is 0 Å². The predicted octanol–water partition coefficient (Wildman–Crippen LogP) is 3.95. The zero-order valence-corrected chi connectivity index (χ0v) is 17.9. The molecule has 4 N–H and O–H groups in total. The monoisotopic (exact) mass is 433 g/mol. The number of H-pyrrole nitrogens is 1. The van der Waals surface area contributed by atoms with E-state index in [4.69, 9.17) is 15.5 Å². The van der Waals surface area contributed by atoms with E-state index in [9.17, 15) is 0 Å². The maximum Gasteiger partial charge on any atom is 0.324 e. The summed E-state index contributed by atoms with van der Waals surface area (Å²) < 4.78 is 21.2. The summed E-state index contributed by atoms with van der Waals surface area (Å²) in [6.07, 6.45) is 6.56. The van der Waals surface area contributed by atoms with Crippen molar-refractivity contribution >= 4 is 27.6 Å². The Kier molecular flexibility index (Phi) is 4.29. The van der Waals surface area contributed by atoms with E-state index in [-0.39, 0.29) is 29.7 Å². The Bertz CT molecular complexity index is 1350. The first-order valence-corrected chi connectivity index (χ1v) is 11.0. The smallest absolute Gasteiger partial charge is 0.324 e. The van der Waals surface area contributed by atoms with E-state index in [0.717, 1.165) is 46.8 Å². The molecule has 0 saturated heterocycles. The number of nitrogens with zero attached hydrogens (tertiary/aromatic N) is 4. The molecule has 164 valence electrons. The first-order chi connectivity index (χ1) is 15.5. The summed E-state index contributed by atoms with van der Waals surface area (Å²) in [5.74, 6) is 1.32. The van der Waals surface area contributed by atoms with Crippen molar-refractivity contribution in [2.75, 3.05) is 12.4 Å². The van der Waals surface area contributed by atoms with Crippen LogP contribution in [0.25, 0.3) is 21.9 Å². The Labute approximate surface area is 183 Å². The molecule has 4 aromatic rings. The fraction of sp³-hybridized carbons (Fsp3) is 0.391. The van der Waals surface area contributed by atoms with Crippen LogP contribution in [0.2, 0.25) is 0 Å². The maximum absolute atomic E-state index is 15.3. The van der Waals surface area contributed by atoms with Crippen LogP contribution in [-0.2, 0) is 6.42 Å². The Hall–Kier alpha value is -3.33. The summed E-state index contributed by atoms with van der Waals surface area (Å²) in [6, 6.07) is 1.89. The SMILES string of the molecule is CNc1cc(F)c2c3c1[nH]c1nc(Oc4cnc(C)nc4)nc(c13)[C@H]1C[C@@H](N)CC[C@@H]1C2. The number of anilines is 1. The van der Waals surface area contributed by atoms with Gasteiger partial charge < -0.3 is 20.8 Å². The van der Waals surface area contributed by atoms with E-state index in [1.54, 1.807) is 25.5 Å². The molecule has 0 spiro atoms. The van der Waals surface area contributed by atoms with Gasteiger partial charge in [0.2, 0.25) is 0 Å². The second kappa shape index (κ2) is 7.09. The van der Waals surface area contributed by atoms with E-state index in [1.807, 2.05) is 6.92 Å². The van der Waals surface area contributed by atoms with Crippen molar-refractivity contribution in [3.8, 4) is 11.8 Å². The number of benzene rings is 1. The van der Waals surface area contributed by atoms with Gasteiger partial charge in [-0.2, -0.15) is 9.97 Å². The lowest BCUT2D eigenvalue weighted by Gasteiger charge is -2.34. The minimum Gasteiger partial charge on any atom is -0.421 e. The van der Waals surface area contributed by atoms with Crippen molar-refractivity contribution < 1.29 is 9.13 Å². The molecule has 1 saturated carbocycles. The van der Waals surface area contributed by atoms with E-state index in [0.29, 0.717) is 29.3 Å². The van der Waals surface area contributed by atoms with Crippen LogP contribution in [0.15, 0.2) is 18.5 Å². The van der Waals surface area contributed by atoms with Crippen LogP contribution in [0.3, 0.4) is 0 Å². The number of nitrogens with one attached hydrogen (secondary N) is 2. The predicted molar refractivity (Wildman–Crippen MR) is 120 cm³/mol. The molecule has 0 unspecified atom stereocenters. The Morgan fingerprint density at radius 2 is 2.00 bits per heavy atom. The summed E-state index contributed by atoms with van der Waals surface area (Å²) in [4.78, 5) is 21.3. The molecule has 0 radical (unpaired) electrons. The van der Waals surface area contributed by atoms with Crippen LogP contribution in [-0.4, -0.2) is 38.0 Å². The first-order valence-electron chi connectivity index (χ1n) is 11.0. The highest BCUT2D eigenvalue weighted by molar-refractivity contribution is 6.13. The van der Waals surface area contributed by atoms with Gasteiger partial charge in [0.15, 0.2) is 5.75 Å². The quantitative estimate of drug-likeness (QED) is 0.448. The number of halogens is 1. The molecule has 8 nitrogen and oxygen atoms in total. The molecule has 3 aromatic heterocycles.